The van der Waals surface area contributed by atoms with Crippen LogP contribution in [0.5, 0.6) is 0 Å². The van der Waals surface area contributed by atoms with Crippen molar-refractivity contribution < 1.29 is 0 Å². The van der Waals surface area contributed by atoms with Crippen LogP contribution in [-0.4, -0.2) is 0 Å². The number of rotatable bonds is 6. The second kappa shape index (κ2) is 10.4. The molecule has 0 nitrogen and oxygen atoms in total. The molecule has 0 N–H and O–H groups in total. The molecule has 0 fully saturated rings. The van der Waals surface area contributed by atoms with Crippen LogP contribution in [-0.2, 0) is 18.3 Å². The molecule has 7 rings (SSSR count). The van der Waals surface area contributed by atoms with Crippen LogP contribution in [0.4, 0.5) is 0 Å². The molecule has 6 aromatic rings. The van der Waals surface area contributed by atoms with E-state index < -0.39 is 5.41 Å². The number of benzene rings is 6. The second-order valence-electron chi connectivity index (χ2n) is 11.6. The Morgan fingerprint density at radius 1 is 0.390 bits per heavy atom. The first kappa shape index (κ1) is 25.3. The van der Waals surface area contributed by atoms with Gasteiger partial charge in [-0.05, 0) is 82.3 Å². The van der Waals surface area contributed by atoms with E-state index in [1.807, 2.05) is 0 Å². The highest BCUT2D eigenvalue weighted by molar-refractivity contribution is 5.86. The Bertz CT molecular complexity index is 1770. The van der Waals surface area contributed by atoms with Gasteiger partial charge in [0.05, 0.1) is 5.41 Å². The maximum atomic E-state index is 2.49. The van der Waals surface area contributed by atoms with Gasteiger partial charge in [-0.15, -0.1) is 0 Å². The Kier molecular flexibility index (Phi) is 6.40. The topological polar surface area (TPSA) is 0 Å². The van der Waals surface area contributed by atoms with Crippen molar-refractivity contribution in [3.05, 3.63) is 201 Å². The van der Waals surface area contributed by atoms with Crippen LogP contribution in [0.1, 0.15) is 55.6 Å². The summed E-state index contributed by atoms with van der Waals surface area (Å²) in [4.78, 5) is 0. The van der Waals surface area contributed by atoms with Crippen LogP contribution in [0, 0.1) is 13.8 Å². The molecule has 0 saturated carbocycles. The zero-order chi connectivity index (χ0) is 27.8. The largest absolute Gasteiger partial charge is 0.0713 e. The second-order valence-corrected chi connectivity index (χ2v) is 11.6. The third-order valence-corrected chi connectivity index (χ3v) is 8.62. The Morgan fingerprint density at radius 2 is 0.829 bits per heavy atom. The van der Waals surface area contributed by atoms with Gasteiger partial charge in [-0.2, -0.15) is 0 Å². The Hall–Kier alpha value is -4.68. The summed E-state index contributed by atoms with van der Waals surface area (Å²) in [7, 11) is 0. The minimum atomic E-state index is -0.390. The van der Waals surface area contributed by atoms with E-state index in [1.54, 1.807) is 0 Å². The summed E-state index contributed by atoms with van der Waals surface area (Å²) in [5.74, 6) is 0. The van der Waals surface area contributed by atoms with Gasteiger partial charge in [-0.1, -0.05) is 157 Å². The van der Waals surface area contributed by atoms with Crippen LogP contribution >= 0.6 is 0 Å². The predicted octanol–water partition coefficient (Wildman–Crippen LogP) is 9.85. The first-order valence-electron chi connectivity index (χ1n) is 14.6. The molecule has 0 amide bonds. The fourth-order valence-electron chi connectivity index (χ4n) is 7.04. The summed E-state index contributed by atoms with van der Waals surface area (Å²) in [6.07, 6.45) is 1.84. The quantitative estimate of drug-likeness (QED) is 0.202. The summed E-state index contributed by atoms with van der Waals surface area (Å²) in [6, 6.07) is 54.3. The lowest BCUT2D eigenvalue weighted by Gasteiger charge is -2.34. The van der Waals surface area contributed by atoms with Gasteiger partial charge in [0.1, 0.15) is 0 Å². The molecule has 0 spiro atoms. The molecule has 0 saturated heterocycles. The number of fused-ring (bicyclic) bond motifs is 3. The maximum absolute atomic E-state index is 2.49. The third-order valence-electron chi connectivity index (χ3n) is 8.62. The number of hydrogen-bond acceptors (Lipinski definition) is 0. The monoisotopic (exact) mass is 526 g/mol. The lowest BCUT2D eigenvalue weighted by molar-refractivity contribution is 0.765. The van der Waals surface area contributed by atoms with Gasteiger partial charge >= 0.3 is 0 Å². The molecule has 0 heterocycles. The number of aryl methyl sites for hydroxylation is 2. The molecule has 1 aliphatic carbocycles. The highest BCUT2D eigenvalue weighted by atomic mass is 14.5. The molecule has 6 aromatic carbocycles. The van der Waals surface area contributed by atoms with Crippen LogP contribution in [0.2, 0.25) is 0 Å². The van der Waals surface area contributed by atoms with Crippen molar-refractivity contribution in [1.82, 2.24) is 0 Å². The van der Waals surface area contributed by atoms with Crippen molar-refractivity contribution in [3.63, 3.8) is 0 Å². The summed E-state index contributed by atoms with van der Waals surface area (Å²) >= 11 is 0. The van der Waals surface area contributed by atoms with Gasteiger partial charge in [0, 0.05) is 0 Å². The van der Waals surface area contributed by atoms with E-state index in [1.165, 1.54) is 66.8 Å². The molecule has 198 valence electrons. The van der Waals surface area contributed by atoms with Gasteiger partial charge in [-0.25, -0.2) is 0 Å². The summed E-state index contributed by atoms with van der Waals surface area (Å²) < 4.78 is 0. The highest BCUT2D eigenvalue weighted by Gasteiger charge is 2.46. The lowest BCUT2D eigenvalue weighted by atomic mass is 9.67. The molecule has 1 aliphatic rings. The fourth-order valence-corrected chi connectivity index (χ4v) is 7.04. The van der Waals surface area contributed by atoms with E-state index in [4.69, 9.17) is 0 Å². The van der Waals surface area contributed by atoms with E-state index >= 15 is 0 Å². The average Bonchev–Trinajstić information content (AvgIpc) is 3.28. The van der Waals surface area contributed by atoms with Crippen molar-refractivity contribution in [2.75, 3.05) is 0 Å². The van der Waals surface area contributed by atoms with E-state index in [-0.39, 0.29) is 0 Å². The molecule has 41 heavy (non-hydrogen) atoms. The van der Waals surface area contributed by atoms with E-state index in [0.717, 1.165) is 12.8 Å². The molecule has 0 aliphatic heterocycles. The Balaban J connectivity index is 1.46. The Morgan fingerprint density at radius 3 is 1.32 bits per heavy atom. The summed E-state index contributed by atoms with van der Waals surface area (Å²) in [5, 5.41) is 0. The molecule has 0 heteroatoms. The van der Waals surface area contributed by atoms with Crippen molar-refractivity contribution in [2.24, 2.45) is 0 Å². The van der Waals surface area contributed by atoms with Gasteiger partial charge in [0.15, 0.2) is 0 Å². The van der Waals surface area contributed by atoms with Crippen LogP contribution in [0.3, 0.4) is 0 Å². The Labute approximate surface area is 244 Å². The lowest BCUT2D eigenvalue weighted by Crippen LogP contribution is -2.28. The SMILES string of the molecule is Cc1cc(C)cc(Cc2ccc3c(c2)C(c2ccccc2)(c2ccccc2)c2cc(Cc4ccccc4)ccc2-3)c1. The molecule has 0 radical (unpaired) electrons. The van der Waals surface area contributed by atoms with Crippen LogP contribution < -0.4 is 0 Å². The normalized spacial score (nSPS) is 13.0. The maximum Gasteiger partial charge on any atom is 0.0713 e. The first-order valence-corrected chi connectivity index (χ1v) is 14.6. The number of hydrogen-bond donors (Lipinski definition) is 0. The molecule has 0 unspecified atom stereocenters. The van der Waals surface area contributed by atoms with E-state index in [0.29, 0.717) is 0 Å². The van der Waals surface area contributed by atoms with Gasteiger partial charge in [0.2, 0.25) is 0 Å². The van der Waals surface area contributed by atoms with Crippen LogP contribution in [0.25, 0.3) is 11.1 Å². The van der Waals surface area contributed by atoms with Crippen molar-refractivity contribution in [2.45, 2.75) is 32.1 Å². The zero-order valence-corrected chi connectivity index (χ0v) is 23.8. The molecule has 0 atom stereocenters. The van der Waals surface area contributed by atoms with Crippen molar-refractivity contribution in [3.8, 4) is 11.1 Å². The fraction of sp³-hybridized carbons (Fsp3) is 0.122. The average molecular weight is 527 g/mol. The van der Waals surface area contributed by atoms with Crippen LogP contribution in [0.15, 0.2) is 146 Å². The van der Waals surface area contributed by atoms with E-state index in [2.05, 4.69) is 159 Å². The first-order chi connectivity index (χ1) is 20.1. The smallest absolute Gasteiger partial charge is 0.0622 e. The summed E-state index contributed by atoms with van der Waals surface area (Å²) in [5.41, 5.74) is 15.7. The molecular weight excluding hydrogens is 492 g/mol. The van der Waals surface area contributed by atoms with Gasteiger partial charge in [0.25, 0.3) is 0 Å². The molecule has 0 bridgehead atoms. The summed E-state index contributed by atoms with van der Waals surface area (Å²) in [6.45, 7) is 4.39. The predicted molar refractivity (Wildman–Crippen MR) is 172 cm³/mol. The molecular formula is C41H34. The highest BCUT2D eigenvalue weighted by Crippen LogP contribution is 2.56. The van der Waals surface area contributed by atoms with Gasteiger partial charge < -0.3 is 0 Å². The van der Waals surface area contributed by atoms with Crippen molar-refractivity contribution in [1.29, 1.82) is 0 Å². The van der Waals surface area contributed by atoms with E-state index in [9.17, 15) is 0 Å². The third kappa shape index (κ3) is 4.50. The standard InChI is InChI=1S/C41H34/c1-29-22-30(2)24-34(23-29)26-33-19-21-38-37-20-18-32(25-31-12-6-3-7-13-31)27-39(37)41(40(38)28-33,35-14-8-4-9-15-35)36-16-10-5-11-17-36/h3-24,27-28H,25-26H2,1-2H3. The molecule has 0 aromatic heterocycles. The van der Waals surface area contributed by atoms with Crippen molar-refractivity contribution >= 4 is 0 Å². The van der Waals surface area contributed by atoms with Gasteiger partial charge in [-0.3, -0.25) is 0 Å². The zero-order valence-electron chi connectivity index (χ0n) is 23.8. The minimum Gasteiger partial charge on any atom is -0.0622 e. The minimum absolute atomic E-state index is 0.390.